The molecule has 1 aliphatic carbocycles. The molecule has 0 radical (unpaired) electrons. The van der Waals surface area contributed by atoms with Crippen molar-refractivity contribution in [2.24, 2.45) is 5.92 Å². The lowest BCUT2D eigenvalue weighted by Gasteiger charge is -2.30. The van der Waals surface area contributed by atoms with Crippen molar-refractivity contribution in [3.8, 4) is 0 Å². The number of alkyl halides is 1. The van der Waals surface area contributed by atoms with Crippen molar-refractivity contribution in [3.05, 3.63) is 0 Å². The molecule has 1 saturated carbocycles. The van der Waals surface area contributed by atoms with Gasteiger partial charge < -0.3 is 4.74 Å². The van der Waals surface area contributed by atoms with E-state index in [2.05, 4.69) is 4.72 Å². The van der Waals surface area contributed by atoms with Crippen LogP contribution < -0.4 is 4.72 Å². The van der Waals surface area contributed by atoms with Gasteiger partial charge in [0.1, 0.15) is 0 Å². The van der Waals surface area contributed by atoms with Crippen LogP contribution in [0.3, 0.4) is 0 Å². The fourth-order valence-corrected chi connectivity index (χ4v) is 4.84. The molecule has 1 aliphatic heterocycles. The third kappa shape index (κ3) is 4.08. The molecule has 0 aromatic heterocycles. The minimum atomic E-state index is -3.24. The number of hydrogen-bond acceptors (Lipinski definition) is 3. The summed E-state index contributed by atoms with van der Waals surface area (Å²) in [7, 11) is -3.24. The average Bonchev–Trinajstić information content (AvgIpc) is 2.81. The fourth-order valence-electron chi connectivity index (χ4n) is 2.85. The highest BCUT2D eigenvalue weighted by Gasteiger charge is 2.30. The Labute approximate surface area is 114 Å². The van der Waals surface area contributed by atoms with E-state index >= 15 is 0 Å². The molecule has 3 unspecified atom stereocenters. The van der Waals surface area contributed by atoms with Crippen molar-refractivity contribution in [2.75, 3.05) is 18.2 Å². The number of halogens is 1. The van der Waals surface area contributed by atoms with Gasteiger partial charge in [-0.2, -0.15) is 0 Å². The first-order chi connectivity index (χ1) is 8.61. The van der Waals surface area contributed by atoms with Crippen LogP contribution >= 0.6 is 11.6 Å². The third-order valence-corrected chi connectivity index (χ3v) is 5.74. The number of hydrogen-bond donors (Lipinski definition) is 1. The predicted octanol–water partition coefficient (Wildman–Crippen LogP) is 1.88. The van der Waals surface area contributed by atoms with E-state index in [1.807, 2.05) is 0 Å². The molecule has 6 heteroatoms. The maximum atomic E-state index is 12.1. The monoisotopic (exact) mass is 295 g/mol. The largest absolute Gasteiger partial charge is 0.377 e. The van der Waals surface area contributed by atoms with Crippen molar-refractivity contribution >= 4 is 21.6 Å². The lowest BCUT2D eigenvalue weighted by Crippen LogP contribution is -2.45. The van der Waals surface area contributed by atoms with Gasteiger partial charge in [0.25, 0.3) is 0 Å². The van der Waals surface area contributed by atoms with Crippen molar-refractivity contribution in [1.29, 1.82) is 0 Å². The smallest absolute Gasteiger partial charge is 0.214 e. The van der Waals surface area contributed by atoms with Crippen molar-refractivity contribution in [2.45, 2.75) is 50.7 Å². The second-order valence-corrected chi connectivity index (χ2v) is 7.45. The van der Waals surface area contributed by atoms with Crippen LogP contribution in [0.4, 0.5) is 0 Å². The van der Waals surface area contributed by atoms with Crippen LogP contribution in [0.25, 0.3) is 0 Å². The molecule has 2 fully saturated rings. The van der Waals surface area contributed by atoms with Crippen molar-refractivity contribution in [1.82, 2.24) is 4.72 Å². The van der Waals surface area contributed by atoms with Gasteiger partial charge in [0.15, 0.2) is 0 Å². The van der Waals surface area contributed by atoms with E-state index in [1.165, 1.54) is 0 Å². The van der Waals surface area contributed by atoms with Gasteiger partial charge in [0, 0.05) is 18.5 Å². The molecular weight excluding hydrogens is 274 g/mol. The highest BCUT2D eigenvalue weighted by atomic mass is 35.5. The van der Waals surface area contributed by atoms with Crippen molar-refractivity contribution in [3.63, 3.8) is 0 Å². The minimum absolute atomic E-state index is 0.0163. The molecule has 1 saturated heterocycles. The Morgan fingerprint density at radius 1 is 1.17 bits per heavy atom. The predicted molar refractivity (Wildman–Crippen MR) is 72.4 cm³/mol. The molecule has 0 amide bonds. The molecule has 0 spiro atoms. The molecule has 0 aromatic carbocycles. The molecule has 1 N–H and O–H groups in total. The Hall–Kier alpha value is 0.160. The summed E-state index contributed by atoms with van der Waals surface area (Å²) in [6.45, 7) is 0.688. The van der Waals surface area contributed by atoms with E-state index in [0.29, 0.717) is 12.5 Å². The van der Waals surface area contributed by atoms with Gasteiger partial charge in [-0.25, -0.2) is 13.1 Å². The van der Waals surface area contributed by atoms with Gasteiger partial charge in [-0.3, -0.25) is 0 Å². The molecule has 3 atom stereocenters. The lowest BCUT2D eigenvalue weighted by molar-refractivity contribution is 0.127. The zero-order valence-corrected chi connectivity index (χ0v) is 12.2. The van der Waals surface area contributed by atoms with Crippen LogP contribution in [-0.2, 0) is 14.8 Å². The number of sulfonamides is 1. The zero-order chi connectivity index (χ0) is 13.0. The Morgan fingerprint density at radius 2 is 1.94 bits per heavy atom. The molecule has 2 rings (SSSR count). The van der Waals surface area contributed by atoms with Crippen LogP contribution in [0.1, 0.15) is 38.5 Å². The molecule has 0 aromatic rings. The second-order valence-electron chi connectivity index (χ2n) is 5.34. The summed E-state index contributed by atoms with van der Waals surface area (Å²) >= 11 is 5.91. The fraction of sp³-hybridized carbons (Fsp3) is 1.00. The standard InChI is InChI=1S/C12H22ClNO3S/c13-8-10-4-1-2-6-12(10)14-18(15,16)9-11-5-3-7-17-11/h10-12,14H,1-9H2. The minimum Gasteiger partial charge on any atom is -0.377 e. The summed E-state index contributed by atoms with van der Waals surface area (Å²) < 4.78 is 32.4. The molecule has 106 valence electrons. The van der Waals surface area contributed by atoms with Crippen LogP contribution in [0.5, 0.6) is 0 Å². The third-order valence-electron chi connectivity index (χ3n) is 3.87. The SMILES string of the molecule is O=S(=O)(CC1CCCO1)NC1CCCCC1CCl. The molecule has 2 aliphatic rings. The van der Waals surface area contributed by atoms with E-state index in [-0.39, 0.29) is 23.8 Å². The summed E-state index contributed by atoms with van der Waals surface area (Å²) in [5.74, 6) is 0.908. The summed E-state index contributed by atoms with van der Waals surface area (Å²) in [6.07, 6.45) is 5.86. The molecular formula is C12H22ClNO3S. The Kier molecular flexibility index (Phi) is 5.30. The van der Waals surface area contributed by atoms with Gasteiger partial charge in [0.05, 0.1) is 11.9 Å². The van der Waals surface area contributed by atoms with Crippen LogP contribution in [0, 0.1) is 5.92 Å². The highest BCUT2D eigenvalue weighted by molar-refractivity contribution is 7.89. The zero-order valence-electron chi connectivity index (χ0n) is 10.6. The molecule has 4 nitrogen and oxygen atoms in total. The molecule has 18 heavy (non-hydrogen) atoms. The maximum absolute atomic E-state index is 12.1. The lowest BCUT2D eigenvalue weighted by atomic mass is 9.86. The molecule has 1 heterocycles. The van der Waals surface area contributed by atoms with Crippen LogP contribution in [-0.4, -0.2) is 38.8 Å². The Bertz CT molecular complexity index is 354. The van der Waals surface area contributed by atoms with E-state index in [1.54, 1.807) is 0 Å². The van der Waals surface area contributed by atoms with E-state index in [4.69, 9.17) is 16.3 Å². The van der Waals surface area contributed by atoms with E-state index in [9.17, 15) is 8.42 Å². The first kappa shape index (κ1) is 14.6. The van der Waals surface area contributed by atoms with Gasteiger partial charge in [0.2, 0.25) is 10.0 Å². The number of nitrogens with one attached hydrogen (secondary N) is 1. The first-order valence-corrected chi connectivity index (χ1v) is 8.97. The number of rotatable bonds is 5. The topological polar surface area (TPSA) is 55.4 Å². The van der Waals surface area contributed by atoms with Crippen LogP contribution in [0.2, 0.25) is 0 Å². The van der Waals surface area contributed by atoms with Gasteiger partial charge in [-0.05, 0) is 31.6 Å². The normalized spacial score (nSPS) is 33.7. The summed E-state index contributed by atoms with van der Waals surface area (Å²) in [6, 6.07) is 0.0163. The highest BCUT2D eigenvalue weighted by Crippen LogP contribution is 2.26. The van der Waals surface area contributed by atoms with Gasteiger partial charge in [-0.1, -0.05) is 12.8 Å². The van der Waals surface area contributed by atoms with Crippen LogP contribution in [0.15, 0.2) is 0 Å². The maximum Gasteiger partial charge on any atom is 0.214 e. The van der Waals surface area contributed by atoms with E-state index in [0.717, 1.165) is 38.5 Å². The molecule has 0 bridgehead atoms. The van der Waals surface area contributed by atoms with Gasteiger partial charge >= 0.3 is 0 Å². The summed E-state index contributed by atoms with van der Waals surface area (Å²) in [4.78, 5) is 0. The van der Waals surface area contributed by atoms with Crippen molar-refractivity contribution < 1.29 is 13.2 Å². The van der Waals surface area contributed by atoms with E-state index < -0.39 is 10.0 Å². The van der Waals surface area contributed by atoms with Gasteiger partial charge in [-0.15, -0.1) is 11.6 Å². The quantitative estimate of drug-likeness (QED) is 0.788. The second kappa shape index (κ2) is 6.55. The summed E-state index contributed by atoms with van der Waals surface area (Å²) in [5, 5.41) is 0. The summed E-state index contributed by atoms with van der Waals surface area (Å²) in [5.41, 5.74) is 0. The number of ether oxygens (including phenoxy) is 1. The Balaban J connectivity index is 1.89. The first-order valence-electron chi connectivity index (χ1n) is 6.78. The Morgan fingerprint density at radius 3 is 2.61 bits per heavy atom. The average molecular weight is 296 g/mol.